The molecule has 2 N–H and O–H groups in total. The molecule has 0 aromatic heterocycles. The van der Waals surface area contributed by atoms with Crippen LogP contribution in [0.25, 0.3) is 0 Å². The van der Waals surface area contributed by atoms with Crippen LogP contribution in [0.3, 0.4) is 0 Å². The van der Waals surface area contributed by atoms with E-state index in [1.165, 1.54) is 32.2 Å². The van der Waals surface area contributed by atoms with Gasteiger partial charge in [-0.1, -0.05) is 12.8 Å². The van der Waals surface area contributed by atoms with Crippen molar-refractivity contribution in [1.82, 2.24) is 4.90 Å². The summed E-state index contributed by atoms with van der Waals surface area (Å²) in [5, 5.41) is 0. The third-order valence-electron chi connectivity index (χ3n) is 2.92. The Balaban J connectivity index is 1.95. The zero-order chi connectivity index (χ0) is 10.2. The van der Waals surface area contributed by atoms with Gasteiger partial charge < -0.3 is 15.4 Å². The Morgan fingerprint density at radius 1 is 1.29 bits per heavy atom. The number of rotatable bonds is 7. The minimum atomic E-state index is 0.631. The van der Waals surface area contributed by atoms with Crippen LogP contribution in [0.5, 0.6) is 0 Å². The molecule has 1 aliphatic carbocycles. The zero-order valence-corrected chi connectivity index (χ0v) is 9.37. The topological polar surface area (TPSA) is 38.5 Å². The number of likely N-dealkylation sites (N-methyl/N-ethyl adjacent to an activating group) is 1. The van der Waals surface area contributed by atoms with Crippen LogP contribution in [0.1, 0.15) is 25.7 Å². The van der Waals surface area contributed by atoms with Gasteiger partial charge in [-0.2, -0.15) is 0 Å². The van der Waals surface area contributed by atoms with Crippen LogP contribution in [0, 0.1) is 5.92 Å². The fourth-order valence-electron chi connectivity index (χ4n) is 2.13. The lowest BCUT2D eigenvalue weighted by Gasteiger charge is -2.20. The summed E-state index contributed by atoms with van der Waals surface area (Å²) in [7, 11) is 2.18. The standard InChI is InChI=1S/C11H24N2O/c1-13(7-9-14-8-6-12)10-11-4-2-3-5-11/h11H,2-10,12H2,1H3. The van der Waals surface area contributed by atoms with Crippen LogP contribution in [-0.2, 0) is 4.74 Å². The first-order valence-corrected chi connectivity index (χ1v) is 5.79. The molecular formula is C11H24N2O. The quantitative estimate of drug-likeness (QED) is 0.625. The van der Waals surface area contributed by atoms with E-state index in [-0.39, 0.29) is 0 Å². The maximum Gasteiger partial charge on any atom is 0.0593 e. The molecule has 0 radical (unpaired) electrons. The predicted octanol–water partition coefficient (Wildman–Crippen LogP) is 1.08. The van der Waals surface area contributed by atoms with Crippen LogP contribution in [0.15, 0.2) is 0 Å². The van der Waals surface area contributed by atoms with Crippen LogP contribution in [-0.4, -0.2) is 44.8 Å². The molecule has 84 valence electrons. The Morgan fingerprint density at radius 3 is 2.64 bits per heavy atom. The van der Waals surface area contributed by atoms with Gasteiger partial charge in [0.2, 0.25) is 0 Å². The molecule has 0 atom stereocenters. The molecule has 1 fully saturated rings. The highest BCUT2D eigenvalue weighted by atomic mass is 16.5. The predicted molar refractivity (Wildman–Crippen MR) is 59.3 cm³/mol. The average molecular weight is 200 g/mol. The minimum Gasteiger partial charge on any atom is -0.379 e. The van der Waals surface area contributed by atoms with E-state index >= 15 is 0 Å². The minimum absolute atomic E-state index is 0.631. The maximum absolute atomic E-state index is 5.35. The van der Waals surface area contributed by atoms with E-state index in [0.717, 1.165) is 19.1 Å². The molecule has 0 bridgehead atoms. The summed E-state index contributed by atoms with van der Waals surface area (Å²) in [4.78, 5) is 2.38. The van der Waals surface area contributed by atoms with E-state index in [0.29, 0.717) is 13.2 Å². The molecule has 0 unspecified atom stereocenters. The van der Waals surface area contributed by atoms with Gasteiger partial charge in [-0.15, -0.1) is 0 Å². The monoisotopic (exact) mass is 200 g/mol. The van der Waals surface area contributed by atoms with E-state index in [4.69, 9.17) is 10.5 Å². The van der Waals surface area contributed by atoms with Crippen LogP contribution in [0.2, 0.25) is 0 Å². The molecule has 0 amide bonds. The lowest BCUT2D eigenvalue weighted by atomic mass is 10.1. The highest BCUT2D eigenvalue weighted by molar-refractivity contribution is 4.70. The summed E-state index contributed by atoms with van der Waals surface area (Å²) in [6.45, 7) is 4.42. The molecule has 0 heterocycles. The third-order valence-corrected chi connectivity index (χ3v) is 2.92. The zero-order valence-electron chi connectivity index (χ0n) is 9.37. The Kier molecular flexibility index (Phi) is 6.15. The van der Waals surface area contributed by atoms with Crippen molar-refractivity contribution in [1.29, 1.82) is 0 Å². The smallest absolute Gasteiger partial charge is 0.0593 e. The number of hydrogen-bond acceptors (Lipinski definition) is 3. The van der Waals surface area contributed by atoms with Crippen molar-refractivity contribution in [2.45, 2.75) is 25.7 Å². The van der Waals surface area contributed by atoms with Crippen LogP contribution >= 0.6 is 0 Å². The van der Waals surface area contributed by atoms with Gasteiger partial charge >= 0.3 is 0 Å². The van der Waals surface area contributed by atoms with Crippen molar-refractivity contribution in [3.05, 3.63) is 0 Å². The van der Waals surface area contributed by atoms with Gasteiger partial charge in [-0.3, -0.25) is 0 Å². The van der Waals surface area contributed by atoms with E-state index in [1.54, 1.807) is 0 Å². The largest absolute Gasteiger partial charge is 0.379 e. The summed E-state index contributed by atoms with van der Waals surface area (Å²) in [5.41, 5.74) is 5.34. The number of nitrogens with two attached hydrogens (primary N) is 1. The second-order valence-electron chi connectivity index (χ2n) is 4.31. The molecular weight excluding hydrogens is 176 g/mol. The Morgan fingerprint density at radius 2 is 2.00 bits per heavy atom. The summed E-state index contributed by atoms with van der Waals surface area (Å²) in [6.07, 6.45) is 5.71. The number of nitrogens with zero attached hydrogens (tertiary/aromatic N) is 1. The first kappa shape index (κ1) is 12.0. The van der Waals surface area contributed by atoms with Crippen LogP contribution < -0.4 is 5.73 Å². The Labute approximate surface area is 87.6 Å². The van der Waals surface area contributed by atoms with Gasteiger partial charge in [0.05, 0.1) is 13.2 Å². The third kappa shape index (κ3) is 4.94. The fraction of sp³-hybridized carbons (Fsp3) is 1.00. The van der Waals surface area contributed by atoms with Gasteiger partial charge in [0.15, 0.2) is 0 Å². The first-order chi connectivity index (χ1) is 6.83. The van der Waals surface area contributed by atoms with Gasteiger partial charge in [-0.05, 0) is 25.8 Å². The average Bonchev–Trinajstić information content (AvgIpc) is 2.65. The second-order valence-corrected chi connectivity index (χ2v) is 4.31. The first-order valence-electron chi connectivity index (χ1n) is 5.79. The van der Waals surface area contributed by atoms with Gasteiger partial charge in [-0.25, -0.2) is 0 Å². The maximum atomic E-state index is 5.35. The molecule has 0 aliphatic heterocycles. The summed E-state index contributed by atoms with van der Waals surface area (Å²) < 4.78 is 5.35. The van der Waals surface area contributed by atoms with Gasteiger partial charge in [0.1, 0.15) is 0 Å². The summed E-state index contributed by atoms with van der Waals surface area (Å²) in [6, 6.07) is 0. The number of hydrogen-bond donors (Lipinski definition) is 1. The summed E-state index contributed by atoms with van der Waals surface area (Å²) in [5.74, 6) is 0.939. The number of ether oxygens (including phenoxy) is 1. The van der Waals surface area contributed by atoms with E-state index < -0.39 is 0 Å². The molecule has 1 saturated carbocycles. The Hall–Kier alpha value is -0.120. The molecule has 1 aliphatic rings. The van der Waals surface area contributed by atoms with E-state index in [1.807, 2.05) is 0 Å². The second kappa shape index (κ2) is 7.21. The highest BCUT2D eigenvalue weighted by Crippen LogP contribution is 2.24. The molecule has 1 rings (SSSR count). The van der Waals surface area contributed by atoms with Crippen molar-refractivity contribution in [3.8, 4) is 0 Å². The fourth-order valence-corrected chi connectivity index (χ4v) is 2.13. The highest BCUT2D eigenvalue weighted by Gasteiger charge is 2.16. The van der Waals surface area contributed by atoms with E-state index in [9.17, 15) is 0 Å². The lowest BCUT2D eigenvalue weighted by molar-refractivity contribution is 0.112. The molecule has 3 heteroatoms. The summed E-state index contributed by atoms with van der Waals surface area (Å²) >= 11 is 0. The molecule has 14 heavy (non-hydrogen) atoms. The molecule has 0 saturated heterocycles. The normalized spacial score (nSPS) is 18.2. The molecule has 3 nitrogen and oxygen atoms in total. The molecule has 0 aromatic carbocycles. The van der Waals surface area contributed by atoms with Gasteiger partial charge in [0, 0.05) is 19.6 Å². The van der Waals surface area contributed by atoms with Crippen LogP contribution in [0.4, 0.5) is 0 Å². The van der Waals surface area contributed by atoms with Gasteiger partial charge in [0.25, 0.3) is 0 Å². The van der Waals surface area contributed by atoms with E-state index in [2.05, 4.69) is 11.9 Å². The van der Waals surface area contributed by atoms with Crippen molar-refractivity contribution in [3.63, 3.8) is 0 Å². The lowest BCUT2D eigenvalue weighted by Crippen LogP contribution is -2.28. The van der Waals surface area contributed by atoms with Crippen molar-refractivity contribution in [2.24, 2.45) is 11.7 Å². The van der Waals surface area contributed by atoms with Crippen molar-refractivity contribution in [2.75, 3.05) is 39.9 Å². The molecule has 0 aromatic rings. The SMILES string of the molecule is CN(CCOCCN)CC1CCCC1. The van der Waals surface area contributed by atoms with Crippen molar-refractivity contribution < 1.29 is 4.74 Å². The Bertz CT molecular complexity index is 135. The molecule has 0 spiro atoms. The van der Waals surface area contributed by atoms with Crippen molar-refractivity contribution >= 4 is 0 Å².